The number of pyridine rings is 1. The van der Waals surface area contributed by atoms with Crippen LogP contribution in [0, 0.1) is 11.7 Å². The zero-order valence-electron chi connectivity index (χ0n) is 30.5. The van der Waals surface area contributed by atoms with Crippen LogP contribution in [0.15, 0.2) is 60.7 Å². The fourth-order valence-corrected chi connectivity index (χ4v) is 9.77. The minimum absolute atomic E-state index is 0.00615. The molecule has 2 aromatic carbocycles. The van der Waals surface area contributed by atoms with E-state index in [1.54, 1.807) is 19.1 Å². The number of nitrogens with one attached hydrogen (secondary N) is 3. The number of fused-ring (bicyclic) bond motifs is 5. The van der Waals surface area contributed by atoms with Crippen molar-refractivity contribution in [2.45, 2.75) is 106 Å². The van der Waals surface area contributed by atoms with Gasteiger partial charge in [-0.05, 0) is 76.5 Å². The summed E-state index contributed by atoms with van der Waals surface area (Å²) in [5.74, 6) is -2.62. The molecule has 1 spiro atoms. The van der Waals surface area contributed by atoms with Crippen LogP contribution < -0.4 is 20.1 Å². The van der Waals surface area contributed by atoms with Gasteiger partial charge >= 0.3 is 6.09 Å². The number of rotatable bonds is 5. The summed E-state index contributed by atoms with van der Waals surface area (Å²) in [6, 6.07) is 11.2. The Hall–Kier alpha value is -5.05. The highest BCUT2D eigenvalue weighted by Gasteiger charge is 2.64. The third-order valence-electron chi connectivity index (χ3n) is 12.1. The average Bonchev–Trinajstić information content (AvgIpc) is 4.04. The van der Waals surface area contributed by atoms with Crippen molar-refractivity contribution in [2.24, 2.45) is 5.92 Å². The summed E-state index contributed by atoms with van der Waals surface area (Å²) < 4.78 is 49.1. The van der Waals surface area contributed by atoms with E-state index < -0.39 is 73.5 Å². The van der Waals surface area contributed by atoms with Gasteiger partial charge in [0.05, 0.1) is 16.8 Å². The van der Waals surface area contributed by atoms with Crippen LogP contribution in [0.2, 0.25) is 0 Å². The van der Waals surface area contributed by atoms with Gasteiger partial charge in [-0.3, -0.25) is 19.1 Å². The number of carbonyl (C=O) groups excluding carboxylic acids is 3. The van der Waals surface area contributed by atoms with E-state index in [1.165, 1.54) is 17.0 Å². The molecule has 3 aliphatic heterocycles. The van der Waals surface area contributed by atoms with Crippen LogP contribution in [0.25, 0.3) is 22.2 Å². The van der Waals surface area contributed by atoms with E-state index in [1.807, 2.05) is 36.4 Å². The summed E-state index contributed by atoms with van der Waals surface area (Å²) in [5.41, 5.74) is -0.254. The van der Waals surface area contributed by atoms with E-state index in [4.69, 9.17) is 9.72 Å². The molecular formula is C40H44FN5O8S. The fourth-order valence-electron chi connectivity index (χ4n) is 8.46. The standard InChI is InChI=1S/C40H44FN5O8S/c1-38(18-19-38)55(52,53)45-36(49)40-21-25(40)11-5-3-2-4-6-15-30(43-37(50)51)35(48)46-23-39(22-31(46)34(47)44-40)17-16-28-27-13-7-8-14-29(27)42-32(33(28)54-39)24-10-9-12-26(41)20-24/h5,7-14,20,25,30-31,43H,2-4,6,15-19,21-23H2,1H3,(H,44,47)(H,45,49)(H,50,51)/t25-,30+,31+,39-,40-/m1/s1. The lowest BCUT2D eigenvalue weighted by molar-refractivity contribution is -0.141. The topological polar surface area (TPSA) is 184 Å². The second-order valence-electron chi connectivity index (χ2n) is 16.0. The van der Waals surface area contributed by atoms with E-state index in [9.17, 15) is 37.1 Å². The normalized spacial score (nSPS) is 28.8. The molecule has 55 heavy (non-hydrogen) atoms. The van der Waals surface area contributed by atoms with E-state index in [0.29, 0.717) is 67.5 Å². The zero-order valence-corrected chi connectivity index (χ0v) is 31.3. The maximum absolute atomic E-state index is 14.6. The number of aromatic nitrogens is 1. The van der Waals surface area contributed by atoms with E-state index in [0.717, 1.165) is 17.4 Å². The highest BCUT2D eigenvalue weighted by molar-refractivity contribution is 7.91. The largest absolute Gasteiger partial charge is 0.483 e. The van der Waals surface area contributed by atoms with Gasteiger partial charge in [-0.2, -0.15) is 0 Å². The number of nitrogens with zero attached hydrogens (tertiary/aromatic N) is 2. The van der Waals surface area contributed by atoms with Crippen LogP contribution in [-0.2, 0) is 30.8 Å². The van der Waals surface area contributed by atoms with Crippen LogP contribution in [0.5, 0.6) is 5.75 Å². The van der Waals surface area contributed by atoms with Crippen molar-refractivity contribution < 1.29 is 41.8 Å². The Balaban J connectivity index is 1.17. The highest BCUT2D eigenvalue weighted by Crippen LogP contribution is 2.50. The molecule has 290 valence electrons. The molecule has 15 heteroatoms. The Morgan fingerprint density at radius 2 is 1.85 bits per heavy atom. The lowest BCUT2D eigenvalue weighted by Crippen LogP contribution is -2.58. The molecule has 1 aromatic heterocycles. The molecule has 3 aromatic rings. The number of benzene rings is 2. The summed E-state index contributed by atoms with van der Waals surface area (Å²) in [7, 11) is -4.02. The smallest absolute Gasteiger partial charge is 0.405 e. The van der Waals surface area contributed by atoms with Gasteiger partial charge in [0.25, 0.3) is 5.91 Å². The SMILES string of the molecule is CC1(S(=O)(=O)NC(=O)[C@@]23C[C@H]2C=CCCCCC[C@H](NC(=O)O)C(=O)N2C[C@@]4(CCc5c(c(-c6cccc(F)c6)nc6ccccc56)O4)C[C@H]2C(=O)N3)CC1. The monoisotopic (exact) mass is 773 g/mol. The Morgan fingerprint density at radius 1 is 1.05 bits per heavy atom. The first-order valence-electron chi connectivity index (χ1n) is 19.0. The molecule has 4 N–H and O–H groups in total. The summed E-state index contributed by atoms with van der Waals surface area (Å²) in [5, 5.41) is 15.9. The molecule has 13 nitrogen and oxygen atoms in total. The molecule has 8 rings (SSSR count). The number of amides is 4. The quantitative estimate of drug-likeness (QED) is 0.266. The number of halogens is 1. The molecule has 5 aliphatic rings. The van der Waals surface area contributed by atoms with Gasteiger partial charge < -0.3 is 25.4 Å². The third kappa shape index (κ3) is 6.80. The highest BCUT2D eigenvalue weighted by atomic mass is 32.2. The van der Waals surface area contributed by atoms with Crippen molar-refractivity contribution in [1.29, 1.82) is 0 Å². The van der Waals surface area contributed by atoms with Crippen molar-refractivity contribution in [1.82, 2.24) is 25.2 Å². The molecule has 5 atom stereocenters. The van der Waals surface area contributed by atoms with Crippen molar-refractivity contribution >= 4 is 44.7 Å². The second kappa shape index (κ2) is 13.6. The molecule has 3 fully saturated rings. The molecule has 1 saturated heterocycles. The molecule has 4 heterocycles. The van der Waals surface area contributed by atoms with Crippen LogP contribution in [0.4, 0.5) is 9.18 Å². The maximum atomic E-state index is 14.6. The number of carboxylic acid groups (broad SMARTS) is 1. The predicted molar refractivity (Wildman–Crippen MR) is 200 cm³/mol. The third-order valence-corrected chi connectivity index (χ3v) is 14.3. The minimum atomic E-state index is -4.02. The maximum Gasteiger partial charge on any atom is 0.405 e. The van der Waals surface area contributed by atoms with E-state index in [2.05, 4.69) is 15.4 Å². The van der Waals surface area contributed by atoms with Crippen LogP contribution in [-0.4, -0.2) is 81.7 Å². The summed E-state index contributed by atoms with van der Waals surface area (Å²) in [4.78, 5) is 61.2. The van der Waals surface area contributed by atoms with Gasteiger partial charge in [0.2, 0.25) is 21.8 Å². The zero-order chi connectivity index (χ0) is 38.8. The number of aryl methyl sites for hydroxylation is 1. The first kappa shape index (κ1) is 36.9. The first-order chi connectivity index (χ1) is 26.2. The van der Waals surface area contributed by atoms with Crippen LogP contribution in [0.1, 0.15) is 76.7 Å². The number of para-hydroxylation sites is 1. The lowest BCUT2D eigenvalue weighted by atomic mass is 9.86. The Labute approximate surface area is 318 Å². The van der Waals surface area contributed by atoms with Gasteiger partial charge in [0.15, 0.2) is 0 Å². The van der Waals surface area contributed by atoms with Crippen molar-refractivity contribution in [2.75, 3.05) is 6.54 Å². The number of hydrogen-bond acceptors (Lipinski definition) is 8. The van der Waals surface area contributed by atoms with Gasteiger partial charge in [-0.1, -0.05) is 55.3 Å². The van der Waals surface area contributed by atoms with Crippen molar-refractivity contribution in [3.05, 3.63) is 72.1 Å². The number of ether oxygens (including phenoxy) is 1. The van der Waals surface area contributed by atoms with Gasteiger partial charge in [-0.15, -0.1) is 0 Å². The van der Waals surface area contributed by atoms with Crippen LogP contribution in [0.3, 0.4) is 0 Å². The van der Waals surface area contributed by atoms with Crippen molar-refractivity contribution in [3.8, 4) is 17.0 Å². The number of sulfonamides is 1. The number of allylic oxidation sites excluding steroid dienone is 1. The lowest BCUT2D eigenvalue weighted by Gasteiger charge is -2.37. The van der Waals surface area contributed by atoms with Crippen LogP contribution >= 0.6 is 0 Å². The first-order valence-corrected chi connectivity index (χ1v) is 20.4. The number of carbonyl (C=O) groups is 4. The second-order valence-corrected chi connectivity index (χ2v) is 18.2. The molecular weight excluding hydrogens is 730 g/mol. The fraction of sp³-hybridized carbons (Fsp3) is 0.475. The minimum Gasteiger partial charge on any atom is -0.483 e. The Bertz CT molecular complexity index is 2240. The molecule has 0 radical (unpaired) electrons. The molecule has 2 saturated carbocycles. The summed E-state index contributed by atoms with van der Waals surface area (Å²) in [6.07, 6.45) is 7.09. The van der Waals surface area contributed by atoms with Gasteiger partial charge in [0, 0.05) is 28.9 Å². The Morgan fingerprint density at radius 3 is 2.62 bits per heavy atom. The predicted octanol–water partition coefficient (Wildman–Crippen LogP) is 4.74. The number of hydrogen-bond donors (Lipinski definition) is 4. The molecule has 2 aliphatic carbocycles. The molecule has 4 amide bonds. The summed E-state index contributed by atoms with van der Waals surface area (Å²) >= 11 is 0. The van der Waals surface area contributed by atoms with Gasteiger partial charge in [0.1, 0.15) is 40.5 Å². The van der Waals surface area contributed by atoms with Gasteiger partial charge in [-0.25, -0.2) is 22.6 Å². The molecule has 0 bridgehead atoms. The van der Waals surface area contributed by atoms with Crippen molar-refractivity contribution in [3.63, 3.8) is 0 Å². The van der Waals surface area contributed by atoms with E-state index >= 15 is 0 Å². The Kier molecular flexibility index (Phi) is 9.13. The summed E-state index contributed by atoms with van der Waals surface area (Å²) in [6.45, 7) is 1.49. The molecule has 0 unspecified atom stereocenters. The van der Waals surface area contributed by atoms with E-state index in [-0.39, 0.29) is 25.8 Å². The average molecular weight is 774 g/mol.